The number of carbonyl (C=O) groups excluding carboxylic acids is 1. The van der Waals surface area contributed by atoms with E-state index in [-0.39, 0.29) is 5.78 Å². The molecule has 0 aliphatic heterocycles. The molecule has 1 aromatic heterocycles. The molecule has 2 rings (SSSR count). The molecule has 0 spiro atoms. The lowest BCUT2D eigenvalue weighted by molar-refractivity contribution is 0.103. The lowest BCUT2D eigenvalue weighted by Crippen LogP contribution is -2.00. The number of hydrogen-bond donors (Lipinski definition) is 0. The van der Waals surface area contributed by atoms with Crippen LogP contribution in [0.3, 0.4) is 0 Å². The highest BCUT2D eigenvalue weighted by Gasteiger charge is 2.15. The fraction of sp³-hybridized carbons (Fsp3) is 0.462. The molecular weight excluding hydrogens is 220 g/mol. The molecule has 2 nitrogen and oxygen atoms in total. The number of ketones is 1. The lowest BCUT2D eigenvalue weighted by atomic mass is 10.1. The Morgan fingerprint density at radius 2 is 2.25 bits per heavy atom. The summed E-state index contributed by atoms with van der Waals surface area (Å²) in [5.74, 6) is 0.970. The van der Waals surface area contributed by atoms with Crippen molar-refractivity contribution >= 4 is 17.1 Å². The van der Waals surface area contributed by atoms with E-state index in [1.54, 1.807) is 7.11 Å². The van der Waals surface area contributed by atoms with E-state index in [0.29, 0.717) is 0 Å². The predicted molar refractivity (Wildman–Crippen MR) is 66.4 cm³/mol. The maximum atomic E-state index is 12.2. The van der Waals surface area contributed by atoms with Gasteiger partial charge in [0, 0.05) is 11.4 Å². The third-order valence-corrected chi connectivity index (χ3v) is 3.77. The first-order valence-corrected chi connectivity index (χ1v) is 6.55. The summed E-state index contributed by atoms with van der Waals surface area (Å²) in [5, 5.41) is 1.88. The Labute approximate surface area is 99.9 Å². The van der Waals surface area contributed by atoms with Crippen LogP contribution >= 0.6 is 11.3 Å². The molecule has 0 saturated heterocycles. The summed E-state index contributed by atoms with van der Waals surface area (Å²) in [7, 11) is 1.63. The van der Waals surface area contributed by atoms with E-state index in [1.165, 1.54) is 24.2 Å². The van der Waals surface area contributed by atoms with Crippen LogP contribution in [0.4, 0.5) is 0 Å². The maximum absolute atomic E-state index is 12.2. The number of thiophene rings is 1. The summed E-state index contributed by atoms with van der Waals surface area (Å²) in [6, 6.07) is 1.83. The van der Waals surface area contributed by atoms with Gasteiger partial charge in [-0.05, 0) is 31.3 Å². The summed E-state index contributed by atoms with van der Waals surface area (Å²) in [5.41, 5.74) is 0.988. The van der Waals surface area contributed by atoms with Crippen LogP contribution < -0.4 is 4.74 Å². The topological polar surface area (TPSA) is 26.3 Å². The summed E-state index contributed by atoms with van der Waals surface area (Å²) >= 11 is 1.47. The van der Waals surface area contributed by atoms with Gasteiger partial charge in [0.25, 0.3) is 0 Å². The minimum Gasteiger partial charge on any atom is -0.496 e. The summed E-state index contributed by atoms with van der Waals surface area (Å²) in [6.45, 7) is 0. The summed E-state index contributed by atoms with van der Waals surface area (Å²) in [6.07, 6.45) is 7.68. The first-order valence-electron chi connectivity index (χ1n) is 5.67. The van der Waals surface area contributed by atoms with Crippen LogP contribution in [0.2, 0.25) is 0 Å². The van der Waals surface area contributed by atoms with Gasteiger partial charge >= 0.3 is 0 Å². The van der Waals surface area contributed by atoms with Gasteiger partial charge < -0.3 is 4.74 Å². The Kier molecular flexibility index (Phi) is 3.78. The second-order valence-corrected chi connectivity index (χ2v) is 4.92. The number of methoxy groups -OCH3 is 1. The average molecular weight is 236 g/mol. The van der Waals surface area contributed by atoms with Gasteiger partial charge in [0.2, 0.25) is 0 Å². The molecule has 3 heteroatoms. The monoisotopic (exact) mass is 236 g/mol. The molecule has 16 heavy (non-hydrogen) atoms. The van der Waals surface area contributed by atoms with Crippen molar-refractivity contribution in [2.24, 2.45) is 0 Å². The Bertz CT molecular complexity index is 404. The first kappa shape index (κ1) is 11.4. The molecule has 1 heterocycles. The molecule has 0 amide bonds. The zero-order chi connectivity index (χ0) is 11.4. The second kappa shape index (κ2) is 5.30. The van der Waals surface area contributed by atoms with Gasteiger partial charge in [0.15, 0.2) is 5.78 Å². The average Bonchev–Trinajstić information content (AvgIpc) is 2.62. The van der Waals surface area contributed by atoms with Crippen molar-refractivity contribution < 1.29 is 9.53 Å². The molecule has 0 unspecified atom stereocenters. The number of allylic oxidation sites excluding steroid dienone is 2. The van der Waals surface area contributed by atoms with Gasteiger partial charge in [0.1, 0.15) is 5.75 Å². The quantitative estimate of drug-likeness (QED) is 0.745. The fourth-order valence-electron chi connectivity index (χ4n) is 1.92. The van der Waals surface area contributed by atoms with Crippen molar-refractivity contribution in [2.75, 3.05) is 7.11 Å². The molecule has 1 aromatic rings. The number of hydrogen-bond acceptors (Lipinski definition) is 3. The minimum absolute atomic E-state index is 0.190. The van der Waals surface area contributed by atoms with Crippen LogP contribution in [0, 0.1) is 0 Å². The van der Waals surface area contributed by atoms with E-state index in [9.17, 15) is 4.79 Å². The smallest absolute Gasteiger partial charge is 0.198 e. The van der Waals surface area contributed by atoms with Crippen LogP contribution in [0.1, 0.15) is 41.8 Å². The maximum Gasteiger partial charge on any atom is 0.198 e. The lowest BCUT2D eigenvalue weighted by Gasteiger charge is -2.01. The first-order chi connectivity index (χ1) is 7.81. The third kappa shape index (κ3) is 2.53. The molecule has 0 saturated carbocycles. The molecule has 1 aliphatic carbocycles. The van der Waals surface area contributed by atoms with Gasteiger partial charge in [-0.2, -0.15) is 0 Å². The van der Waals surface area contributed by atoms with Crippen LogP contribution in [0.25, 0.3) is 0 Å². The molecule has 0 N–H and O–H groups in total. The normalized spacial score (nSPS) is 16.4. The Morgan fingerprint density at radius 1 is 1.38 bits per heavy atom. The second-order valence-electron chi connectivity index (χ2n) is 4.01. The standard InChI is InChI=1S/C13H16O2S/c1-15-11-8-12(16-9-11)13(14)10-6-4-2-3-5-7-10/h6,8-9H,2-5,7H2,1H3. The van der Waals surface area contributed by atoms with Gasteiger partial charge in [0.05, 0.1) is 12.0 Å². The van der Waals surface area contributed by atoms with Crippen LogP contribution in [-0.4, -0.2) is 12.9 Å². The summed E-state index contributed by atoms with van der Waals surface area (Å²) in [4.78, 5) is 13.0. The molecular formula is C13H16O2S. The SMILES string of the molecule is COc1csc(C(=O)C2=CCCCCC2)c1. The van der Waals surface area contributed by atoms with Crippen molar-refractivity contribution in [3.8, 4) is 5.75 Å². The minimum atomic E-state index is 0.190. The van der Waals surface area contributed by atoms with Crippen molar-refractivity contribution in [1.82, 2.24) is 0 Å². The molecule has 1 aliphatic rings. The molecule has 0 bridgehead atoms. The molecule has 0 atom stereocenters. The number of carbonyl (C=O) groups is 1. The highest BCUT2D eigenvalue weighted by Crippen LogP contribution is 2.27. The largest absolute Gasteiger partial charge is 0.496 e. The van der Waals surface area contributed by atoms with Gasteiger partial charge in [-0.3, -0.25) is 4.79 Å². The number of Topliss-reactive ketones (excluding diaryl/α,β-unsaturated/α-hetero) is 1. The van der Waals surface area contributed by atoms with E-state index < -0.39 is 0 Å². The molecule has 0 radical (unpaired) electrons. The van der Waals surface area contributed by atoms with Crippen molar-refractivity contribution in [3.63, 3.8) is 0 Å². The van der Waals surface area contributed by atoms with E-state index in [0.717, 1.165) is 35.5 Å². The van der Waals surface area contributed by atoms with Gasteiger partial charge in [-0.15, -0.1) is 11.3 Å². The Balaban J connectivity index is 2.14. The zero-order valence-corrected chi connectivity index (χ0v) is 10.3. The number of ether oxygens (including phenoxy) is 1. The highest BCUT2D eigenvalue weighted by molar-refractivity contribution is 7.12. The number of rotatable bonds is 3. The van der Waals surface area contributed by atoms with Crippen LogP contribution in [0.15, 0.2) is 23.1 Å². The van der Waals surface area contributed by atoms with Crippen molar-refractivity contribution in [1.29, 1.82) is 0 Å². The van der Waals surface area contributed by atoms with E-state index in [2.05, 4.69) is 6.08 Å². The van der Waals surface area contributed by atoms with Gasteiger partial charge in [-0.1, -0.05) is 12.5 Å². The zero-order valence-electron chi connectivity index (χ0n) is 9.49. The van der Waals surface area contributed by atoms with E-state index in [1.807, 2.05) is 11.4 Å². The van der Waals surface area contributed by atoms with E-state index >= 15 is 0 Å². The molecule has 86 valence electrons. The summed E-state index contributed by atoms with van der Waals surface area (Å²) < 4.78 is 5.10. The molecule has 0 aromatic carbocycles. The van der Waals surface area contributed by atoms with E-state index in [4.69, 9.17) is 4.74 Å². The molecule has 0 fully saturated rings. The fourth-order valence-corrected chi connectivity index (χ4v) is 2.75. The van der Waals surface area contributed by atoms with Gasteiger partial charge in [-0.25, -0.2) is 0 Å². The Hall–Kier alpha value is -1.09. The van der Waals surface area contributed by atoms with Crippen LogP contribution in [-0.2, 0) is 0 Å². The van der Waals surface area contributed by atoms with Crippen molar-refractivity contribution in [3.05, 3.63) is 28.0 Å². The third-order valence-electron chi connectivity index (χ3n) is 2.87. The highest BCUT2D eigenvalue weighted by atomic mass is 32.1. The van der Waals surface area contributed by atoms with Crippen LogP contribution in [0.5, 0.6) is 5.75 Å². The predicted octanol–water partition coefficient (Wildman–Crippen LogP) is 3.83. The Morgan fingerprint density at radius 3 is 3.00 bits per heavy atom. The van der Waals surface area contributed by atoms with Crippen molar-refractivity contribution in [2.45, 2.75) is 32.1 Å².